The van der Waals surface area contributed by atoms with Crippen LogP contribution in [0.5, 0.6) is 0 Å². The molecule has 1 saturated heterocycles. The van der Waals surface area contributed by atoms with E-state index in [9.17, 15) is 4.79 Å². The number of β-amino-alcohol motifs (C(OH)–C–C–N with tert-alkyl or cyclic N) is 1. The first-order valence-electron chi connectivity index (χ1n) is 4.12. The second kappa shape index (κ2) is 4.74. The van der Waals surface area contributed by atoms with E-state index >= 15 is 0 Å². The summed E-state index contributed by atoms with van der Waals surface area (Å²) in [6, 6.07) is -0.262. The van der Waals surface area contributed by atoms with E-state index in [1.54, 1.807) is 0 Å². The number of carbonyl (C=O) groups excluding carboxylic acids is 1. The smallest absolute Gasteiger partial charge is 0.237 e. The summed E-state index contributed by atoms with van der Waals surface area (Å²) in [5.41, 5.74) is 0. The van der Waals surface area contributed by atoms with Gasteiger partial charge in [-0.1, -0.05) is 22.5 Å². The van der Waals surface area contributed by atoms with Gasteiger partial charge in [-0.3, -0.25) is 4.79 Å². The van der Waals surface area contributed by atoms with Crippen molar-refractivity contribution >= 4 is 21.8 Å². The molecule has 0 aromatic rings. The number of rotatable bonds is 3. The van der Waals surface area contributed by atoms with Gasteiger partial charge in [0, 0.05) is 17.6 Å². The zero-order chi connectivity index (χ0) is 9.84. The van der Waals surface area contributed by atoms with Crippen molar-refractivity contribution < 1.29 is 9.90 Å². The van der Waals surface area contributed by atoms with Crippen molar-refractivity contribution in [2.75, 3.05) is 13.1 Å². The van der Waals surface area contributed by atoms with E-state index in [0.717, 1.165) is 4.48 Å². The molecule has 1 aliphatic rings. The van der Waals surface area contributed by atoms with Gasteiger partial charge in [0.2, 0.25) is 5.91 Å². The second-order valence-electron chi connectivity index (χ2n) is 3.09. The highest BCUT2D eigenvalue weighted by Crippen LogP contribution is 2.06. The van der Waals surface area contributed by atoms with Gasteiger partial charge in [-0.05, 0) is 6.42 Å². The van der Waals surface area contributed by atoms with Crippen molar-refractivity contribution in [1.82, 2.24) is 10.6 Å². The summed E-state index contributed by atoms with van der Waals surface area (Å²) >= 11 is 3.14. The van der Waals surface area contributed by atoms with Crippen molar-refractivity contribution in [2.45, 2.75) is 18.6 Å². The summed E-state index contributed by atoms with van der Waals surface area (Å²) in [5.74, 6) is -0.0860. The van der Waals surface area contributed by atoms with E-state index in [2.05, 4.69) is 33.1 Å². The topological polar surface area (TPSA) is 61.4 Å². The normalized spacial score (nSPS) is 27.2. The molecule has 0 aliphatic carbocycles. The predicted octanol–water partition coefficient (Wildman–Crippen LogP) is -0.266. The van der Waals surface area contributed by atoms with Gasteiger partial charge in [0.25, 0.3) is 0 Å². The quantitative estimate of drug-likeness (QED) is 0.645. The highest BCUT2D eigenvalue weighted by Gasteiger charge is 2.27. The van der Waals surface area contributed by atoms with Crippen LogP contribution in [0.1, 0.15) is 6.42 Å². The lowest BCUT2D eigenvalue weighted by Crippen LogP contribution is -2.40. The summed E-state index contributed by atoms with van der Waals surface area (Å²) in [5, 5.41) is 14.8. The highest BCUT2D eigenvalue weighted by molar-refractivity contribution is 9.11. The average Bonchev–Trinajstić information content (AvgIpc) is 2.47. The lowest BCUT2D eigenvalue weighted by Gasteiger charge is -2.09. The third-order valence-corrected chi connectivity index (χ3v) is 2.16. The molecule has 1 fully saturated rings. The third kappa shape index (κ3) is 3.46. The zero-order valence-corrected chi connectivity index (χ0v) is 8.80. The van der Waals surface area contributed by atoms with Crippen molar-refractivity contribution in [2.24, 2.45) is 0 Å². The largest absolute Gasteiger partial charge is 0.392 e. The van der Waals surface area contributed by atoms with Crippen LogP contribution >= 0.6 is 15.9 Å². The van der Waals surface area contributed by atoms with Crippen molar-refractivity contribution in [3.05, 3.63) is 11.1 Å². The van der Waals surface area contributed by atoms with Crippen LogP contribution in [0.2, 0.25) is 0 Å². The van der Waals surface area contributed by atoms with Gasteiger partial charge in [-0.25, -0.2) is 0 Å². The minimum absolute atomic E-state index is 0.0860. The fraction of sp³-hybridized carbons (Fsp3) is 0.625. The first kappa shape index (κ1) is 10.7. The summed E-state index contributed by atoms with van der Waals surface area (Å²) in [6.07, 6.45) is 0.0866. The van der Waals surface area contributed by atoms with Gasteiger partial charge >= 0.3 is 0 Å². The molecule has 1 rings (SSSR count). The molecular formula is C8H13BrN2O2. The molecule has 4 nitrogen and oxygen atoms in total. The maximum absolute atomic E-state index is 11.3. The van der Waals surface area contributed by atoms with Gasteiger partial charge in [-0.15, -0.1) is 0 Å². The lowest BCUT2D eigenvalue weighted by molar-refractivity contribution is -0.122. The van der Waals surface area contributed by atoms with Crippen LogP contribution in [0.4, 0.5) is 0 Å². The Kier molecular flexibility index (Phi) is 3.90. The molecule has 2 atom stereocenters. The Morgan fingerprint density at radius 2 is 2.46 bits per heavy atom. The van der Waals surface area contributed by atoms with E-state index < -0.39 is 6.10 Å². The number of halogens is 1. The average molecular weight is 249 g/mol. The standard InChI is InChI=1S/C8H13BrN2O2/c1-5(9)3-11-8(13)7-2-6(12)4-10-7/h6-7,10,12H,1-4H2,(H,11,13)/t6-,7-/m1/s1. The van der Waals surface area contributed by atoms with Gasteiger partial charge < -0.3 is 15.7 Å². The minimum atomic E-state index is -0.400. The zero-order valence-electron chi connectivity index (χ0n) is 7.22. The molecule has 0 bridgehead atoms. The first-order chi connectivity index (χ1) is 6.09. The fourth-order valence-corrected chi connectivity index (χ4v) is 1.36. The molecule has 74 valence electrons. The fourth-order valence-electron chi connectivity index (χ4n) is 1.22. The molecule has 1 aliphatic heterocycles. The van der Waals surface area contributed by atoms with Crippen molar-refractivity contribution in [3.63, 3.8) is 0 Å². The summed E-state index contributed by atoms with van der Waals surface area (Å²) in [7, 11) is 0. The van der Waals surface area contributed by atoms with E-state index in [-0.39, 0.29) is 11.9 Å². The highest BCUT2D eigenvalue weighted by atomic mass is 79.9. The Morgan fingerprint density at radius 3 is 2.92 bits per heavy atom. The summed E-state index contributed by atoms with van der Waals surface area (Å²) < 4.78 is 0.736. The van der Waals surface area contributed by atoms with E-state index in [1.807, 2.05) is 0 Å². The van der Waals surface area contributed by atoms with E-state index in [4.69, 9.17) is 5.11 Å². The maximum Gasteiger partial charge on any atom is 0.237 e. The Hall–Kier alpha value is -0.390. The van der Waals surface area contributed by atoms with Crippen LogP contribution in [-0.2, 0) is 4.79 Å². The minimum Gasteiger partial charge on any atom is -0.392 e. The van der Waals surface area contributed by atoms with Crippen LogP contribution < -0.4 is 10.6 Å². The third-order valence-electron chi connectivity index (χ3n) is 1.88. The van der Waals surface area contributed by atoms with Gasteiger partial charge in [0.1, 0.15) is 0 Å². The molecule has 0 aromatic carbocycles. The first-order valence-corrected chi connectivity index (χ1v) is 4.91. The maximum atomic E-state index is 11.3. The summed E-state index contributed by atoms with van der Waals surface area (Å²) in [4.78, 5) is 11.3. The number of hydrogen-bond donors (Lipinski definition) is 3. The number of nitrogens with one attached hydrogen (secondary N) is 2. The van der Waals surface area contributed by atoms with Crippen LogP contribution in [0, 0.1) is 0 Å². The number of carbonyl (C=O) groups is 1. The number of aliphatic hydroxyl groups is 1. The second-order valence-corrected chi connectivity index (χ2v) is 4.21. The van der Waals surface area contributed by atoms with Crippen molar-refractivity contribution in [3.8, 4) is 0 Å². The Morgan fingerprint density at radius 1 is 1.77 bits per heavy atom. The molecule has 0 aromatic heterocycles. The molecule has 0 radical (unpaired) electrons. The molecule has 1 heterocycles. The van der Waals surface area contributed by atoms with Gasteiger partial charge in [0.05, 0.1) is 12.1 Å². The number of aliphatic hydroxyl groups excluding tert-OH is 1. The Bertz CT molecular complexity index is 220. The Labute approximate surface area is 85.5 Å². The van der Waals surface area contributed by atoms with Gasteiger partial charge in [0.15, 0.2) is 0 Å². The van der Waals surface area contributed by atoms with Gasteiger partial charge in [-0.2, -0.15) is 0 Å². The molecule has 0 spiro atoms. The Balaban J connectivity index is 2.27. The SMILES string of the molecule is C=C(Br)CNC(=O)[C@H]1C[C@@H](O)CN1. The lowest BCUT2D eigenvalue weighted by atomic mass is 10.2. The molecule has 1 amide bonds. The molecule has 3 N–H and O–H groups in total. The number of hydrogen-bond acceptors (Lipinski definition) is 3. The predicted molar refractivity (Wildman–Crippen MR) is 53.5 cm³/mol. The molecular weight excluding hydrogens is 236 g/mol. The molecule has 5 heteroatoms. The van der Waals surface area contributed by atoms with Crippen LogP contribution in [-0.4, -0.2) is 36.2 Å². The van der Waals surface area contributed by atoms with Crippen LogP contribution in [0.25, 0.3) is 0 Å². The monoisotopic (exact) mass is 248 g/mol. The van der Waals surface area contributed by atoms with Crippen molar-refractivity contribution in [1.29, 1.82) is 0 Å². The van der Waals surface area contributed by atoms with E-state index in [1.165, 1.54) is 0 Å². The molecule has 0 unspecified atom stereocenters. The van der Waals surface area contributed by atoms with Crippen LogP contribution in [0.3, 0.4) is 0 Å². The number of amides is 1. The van der Waals surface area contributed by atoms with Crippen LogP contribution in [0.15, 0.2) is 11.1 Å². The molecule has 0 saturated carbocycles. The van der Waals surface area contributed by atoms with E-state index in [0.29, 0.717) is 19.5 Å². The summed E-state index contributed by atoms with van der Waals surface area (Å²) in [6.45, 7) is 4.52. The molecule has 13 heavy (non-hydrogen) atoms.